The Bertz CT molecular complexity index is 1510. The summed E-state index contributed by atoms with van der Waals surface area (Å²) in [5.41, 5.74) is 4.59. The van der Waals surface area contributed by atoms with Crippen LogP contribution in [0.25, 0.3) is 33.0 Å². The van der Waals surface area contributed by atoms with Gasteiger partial charge in [-0.1, -0.05) is 30.3 Å². The number of benzene rings is 2. The van der Waals surface area contributed by atoms with E-state index in [0.717, 1.165) is 27.2 Å². The van der Waals surface area contributed by atoms with Crippen LogP contribution in [0.5, 0.6) is 0 Å². The van der Waals surface area contributed by atoms with E-state index in [-0.39, 0.29) is 5.56 Å². The topological polar surface area (TPSA) is 70.5 Å². The highest BCUT2D eigenvalue weighted by atomic mass is 32.1. The fourth-order valence-electron chi connectivity index (χ4n) is 3.71. The van der Waals surface area contributed by atoms with E-state index in [4.69, 9.17) is 5.10 Å². The molecule has 0 saturated carbocycles. The normalized spacial score (nSPS) is 11.5. The first-order valence-corrected chi connectivity index (χ1v) is 10.7. The van der Waals surface area contributed by atoms with E-state index in [9.17, 15) is 4.79 Å². The SMILES string of the molecule is O=c1c2nn(Cc3ccc(-n4cccn4)cc3)c3ccsc3c-2nn1-c1ccccc1. The van der Waals surface area contributed by atoms with Gasteiger partial charge in [-0.05, 0) is 47.3 Å². The van der Waals surface area contributed by atoms with Crippen LogP contribution in [0.4, 0.5) is 0 Å². The molecule has 0 spiro atoms. The van der Waals surface area contributed by atoms with Gasteiger partial charge in [0.05, 0.1) is 28.1 Å². The number of hydrogen-bond donors (Lipinski definition) is 0. The largest absolute Gasteiger partial charge is 0.301 e. The molecule has 0 saturated heterocycles. The zero-order valence-electron chi connectivity index (χ0n) is 16.3. The van der Waals surface area contributed by atoms with Gasteiger partial charge in [0.2, 0.25) is 0 Å². The van der Waals surface area contributed by atoms with Gasteiger partial charge in [0.25, 0.3) is 0 Å². The fourth-order valence-corrected chi connectivity index (χ4v) is 4.58. The van der Waals surface area contributed by atoms with Crippen molar-refractivity contribution < 1.29 is 0 Å². The van der Waals surface area contributed by atoms with Crippen LogP contribution in [0, 0.1) is 0 Å². The maximum atomic E-state index is 13.1. The maximum Gasteiger partial charge on any atom is 0.301 e. The van der Waals surface area contributed by atoms with E-state index < -0.39 is 0 Å². The Labute approximate surface area is 180 Å². The minimum atomic E-state index is -0.209. The van der Waals surface area contributed by atoms with Gasteiger partial charge in [-0.15, -0.1) is 11.3 Å². The lowest BCUT2D eigenvalue weighted by molar-refractivity contribution is 0.700. The first kappa shape index (κ1) is 17.8. The summed E-state index contributed by atoms with van der Waals surface area (Å²) in [4.78, 5) is 13.1. The van der Waals surface area contributed by atoms with Crippen LogP contribution >= 0.6 is 11.3 Å². The van der Waals surface area contributed by atoms with Gasteiger partial charge >= 0.3 is 5.56 Å². The minimum absolute atomic E-state index is 0.209. The molecular formula is C23H16N6OS. The van der Waals surface area contributed by atoms with E-state index in [0.29, 0.717) is 17.9 Å². The lowest BCUT2D eigenvalue weighted by Crippen LogP contribution is -2.17. The van der Waals surface area contributed by atoms with Crippen LogP contribution in [0.3, 0.4) is 0 Å². The lowest BCUT2D eigenvalue weighted by Gasteiger charge is -2.10. The van der Waals surface area contributed by atoms with Crippen molar-refractivity contribution in [1.29, 1.82) is 0 Å². The molecule has 0 radical (unpaired) electrons. The Morgan fingerprint density at radius 3 is 2.45 bits per heavy atom. The molecule has 0 bridgehead atoms. The van der Waals surface area contributed by atoms with Gasteiger partial charge in [-0.25, -0.2) is 4.68 Å². The molecule has 0 amide bonds. The van der Waals surface area contributed by atoms with Gasteiger partial charge in [0, 0.05) is 12.4 Å². The number of aromatic nitrogens is 6. The second-order valence-electron chi connectivity index (χ2n) is 7.16. The third-order valence-electron chi connectivity index (χ3n) is 5.22. The second kappa shape index (κ2) is 7.03. The molecular weight excluding hydrogens is 408 g/mol. The average molecular weight is 424 g/mol. The quantitative estimate of drug-likeness (QED) is 0.429. The van der Waals surface area contributed by atoms with E-state index >= 15 is 0 Å². The highest BCUT2D eigenvalue weighted by Crippen LogP contribution is 2.30. The molecule has 31 heavy (non-hydrogen) atoms. The second-order valence-corrected chi connectivity index (χ2v) is 8.08. The van der Waals surface area contributed by atoms with Crippen molar-refractivity contribution in [3.05, 3.63) is 100 Å². The first-order chi connectivity index (χ1) is 15.3. The van der Waals surface area contributed by atoms with Crippen molar-refractivity contribution in [2.45, 2.75) is 6.54 Å². The summed E-state index contributed by atoms with van der Waals surface area (Å²) < 4.78 is 6.10. The Hall–Kier alpha value is -4.04. The maximum absolute atomic E-state index is 13.1. The highest BCUT2D eigenvalue weighted by Gasteiger charge is 2.23. The summed E-state index contributed by atoms with van der Waals surface area (Å²) in [6, 6.07) is 21.5. The van der Waals surface area contributed by atoms with Crippen LogP contribution < -0.4 is 5.56 Å². The molecule has 2 aromatic carbocycles. The molecule has 0 fully saturated rings. The van der Waals surface area contributed by atoms with E-state index in [2.05, 4.69) is 22.3 Å². The smallest absolute Gasteiger partial charge is 0.265 e. The number of fused-ring (bicyclic) bond motifs is 3. The number of nitrogens with zero attached hydrogens (tertiary/aromatic N) is 6. The van der Waals surface area contributed by atoms with E-state index in [1.54, 1.807) is 17.5 Å². The summed E-state index contributed by atoms with van der Waals surface area (Å²) in [5.74, 6) is 0. The minimum Gasteiger partial charge on any atom is -0.265 e. The summed E-state index contributed by atoms with van der Waals surface area (Å²) in [5, 5.41) is 15.6. The molecule has 6 rings (SSSR count). The predicted molar refractivity (Wildman–Crippen MR) is 120 cm³/mol. The Balaban J connectivity index is 1.45. The Kier molecular flexibility index (Phi) is 4.03. The molecule has 2 aliphatic heterocycles. The molecule has 0 unspecified atom stereocenters. The molecule has 0 N–H and O–H groups in total. The van der Waals surface area contributed by atoms with E-state index in [1.807, 2.05) is 75.5 Å². The average Bonchev–Trinajstić information content (AvgIpc) is 3.56. The summed E-state index contributed by atoms with van der Waals surface area (Å²) in [7, 11) is 0. The standard InChI is InChI=1S/C23H16N6OS/c30-23-21-20(26-29(23)18-5-2-1-3-6-18)22-19(11-14-31-22)28(25-21)15-16-7-9-17(10-8-16)27-13-4-12-24-27/h1-14H,15H2. The molecule has 7 nitrogen and oxygen atoms in total. The molecule has 4 heterocycles. The molecule has 4 aromatic rings. The van der Waals surface area contributed by atoms with Gasteiger partial charge in [-0.3, -0.25) is 9.48 Å². The van der Waals surface area contributed by atoms with Gasteiger partial charge in [-0.2, -0.15) is 20.0 Å². The Morgan fingerprint density at radius 2 is 1.68 bits per heavy atom. The highest BCUT2D eigenvalue weighted by molar-refractivity contribution is 7.17. The zero-order chi connectivity index (χ0) is 20.8. The van der Waals surface area contributed by atoms with Crippen LogP contribution in [0.1, 0.15) is 5.56 Å². The molecule has 2 aliphatic rings. The number of hydrogen-bond acceptors (Lipinski definition) is 5. The van der Waals surface area contributed by atoms with Gasteiger partial charge in [0.1, 0.15) is 5.69 Å². The Morgan fingerprint density at radius 1 is 0.839 bits per heavy atom. The van der Waals surface area contributed by atoms with Crippen molar-refractivity contribution >= 4 is 21.6 Å². The van der Waals surface area contributed by atoms with Crippen molar-refractivity contribution in [3.63, 3.8) is 0 Å². The van der Waals surface area contributed by atoms with Crippen LogP contribution in [0.15, 0.2) is 89.3 Å². The van der Waals surface area contributed by atoms with Crippen molar-refractivity contribution in [2.24, 2.45) is 0 Å². The summed E-state index contributed by atoms with van der Waals surface area (Å²) in [6.07, 6.45) is 3.67. The predicted octanol–water partition coefficient (Wildman–Crippen LogP) is 3.98. The molecule has 8 heteroatoms. The van der Waals surface area contributed by atoms with E-state index in [1.165, 1.54) is 4.68 Å². The van der Waals surface area contributed by atoms with Gasteiger partial charge in [0.15, 0.2) is 5.69 Å². The van der Waals surface area contributed by atoms with Gasteiger partial charge < -0.3 is 0 Å². The van der Waals surface area contributed by atoms with Crippen LogP contribution in [-0.2, 0) is 6.54 Å². The fraction of sp³-hybridized carbons (Fsp3) is 0.0435. The zero-order valence-corrected chi connectivity index (χ0v) is 17.1. The number of thiophene rings is 1. The number of para-hydroxylation sites is 1. The third kappa shape index (κ3) is 2.96. The van der Waals surface area contributed by atoms with Crippen molar-refractivity contribution in [1.82, 2.24) is 29.3 Å². The monoisotopic (exact) mass is 424 g/mol. The molecule has 150 valence electrons. The molecule has 2 aromatic heterocycles. The summed E-state index contributed by atoms with van der Waals surface area (Å²) in [6.45, 7) is 0.554. The van der Waals surface area contributed by atoms with Crippen molar-refractivity contribution in [2.75, 3.05) is 0 Å². The van der Waals surface area contributed by atoms with Crippen molar-refractivity contribution in [3.8, 4) is 22.8 Å². The molecule has 0 atom stereocenters. The summed E-state index contributed by atoms with van der Waals surface area (Å²) >= 11 is 1.57. The van der Waals surface area contributed by atoms with Crippen LogP contribution in [0.2, 0.25) is 0 Å². The first-order valence-electron chi connectivity index (χ1n) is 9.79. The third-order valence-corrected chi connectivity index (χ3v) is 6.13. The molecule has 0 aliphatic carbocycles. The number of rotatable bonds is 4. The lowest BCUT2D eigenvalue weighted by atomic mass is 10.2. The van der Waals surface area contributed by atoms with Crippen LogP contribution in [-0.4, -0.2) is 29.3 Å².